The zero-order valence-electron chi connectivity index (χ0n) is 11.5. The summed E-state index contributed by atoms with van der Waals surface area (Å²) in [7, 11) is 0. The molecule has 19 heavy (non-hydrogen) atoms. The molecule has 1 aromatic carbocycles. The van der Waals surface area contributed by atoms with Gasteiger partial charge in [0.1, 0.15) is 11.8 Å². The molecule has 0 fully saturated rings. The van der Waals surface area contributed by atoms with Crippen LogP contribution in [-0.2, 0) is 4.79 Å². The first-order valence-electron chi connectivity index (χ1n) is 5.97. The monoisotopic (exact) mass is 265 g/mol. The fraction of sp³-hybridized carbons (Fsp3) is 0.429. The molecular weight excluding hydrogens is 246 g/mol. The average molecular weight is 265 g/mol. The molecule has 0 aliphatic rings. The number of hydrogen-bond donors (Lipinski definition) is 3. The number of phenolic OH excluding ortho intramolecular Hbond substituents is 1. The van der Waals surface area contributed by atoms with Gasteiger partial charge in [0.15, 0.2) is 0 Å². The lowest BCUT2D eigenvalue weighted by atomic mass is 9.86. The summed E-state index contributed by atoms with van der Waals surface area (Å²) in [6, 6.07) is 3.57. The van der Waals surface area contributed by atoms with Crippen LogP contribution in [0.25, 0.3) is 0 Å². The lowest BCUT2D eigenvalue weighted by Crippen LogP contribution is -2.49. The lowest BCUT2D eigenvalue weighted by molar-refractivity contribution is -0.142. The van der Waals surface area contributed by atoms with Gasteiger partial charge in [-0.25, -0.2) is 4.79 Å². The minimum absolute atomic E-state index is 0.00952. The largest absolute Gasteiger partial charge is 0.508 e. The number of phenols is 1. The van der Waals surface area contributed by atoms with Gasteiger partial charge < -0.3 is 15.5 Å². The molecule has 5 nitrogen and oxygen atoms in total. The van der Waals surface area contributed by atoms with Gasteiger partial charge in [-0.05, 0) is 24.5 Å². The van der Waals surface area contributed by atoms with Crippen molar-refractivity contribution in [2.45, 2.75) is 33.7 Å². The third-order valence-corrected chi connectivity index (χ3v) is 2.94. The molecule has 0 heterocycles. The SMILES string of the molecule is Cc1c(O)cccc1C(=O)NC(C(=O)O)C(C)(C)C. The second-order valence-corrected chi connectivity index (χ2v) is 5.56. The molecule has 0 saturated heterocycles. The van der Waals surface area contributed by atoms with Gasteiger partial charge in [0.05, 0.1) is 0 Å². The van der Waals surface area contributed by atoms with Crippen molar-refractivity contribution in [1.82, 2.24) is 5.32 Å². The van der Waals surface area contributed by atoms with Crippen molar-refractivity contribution in [3.63, 3.8) is 0 Å². The normalized spacial score (nSPS) is 12.8. The summed E-state index contributed by atoms with van der Waals surface area (Å²) < 4.78 is 0. The van der Waals surface area contributed by atoms with Gasteiger partial charge in [-0.1, -0.05) is 26.8 Å². The molecule has 0 aliphatic carbocycles. The highest BCUT2D eigenvalue weighted by Crippen LogP contribution is 2.22. The Balaban J connectivity index is 3.02. The summed E-state index contributed by atoms with van der Waals surface area (Å²) in [6.07, 6.45) is 0. The topological polar surface area (TPSA) is 86.6 Å². The van der Waals surface area contributed by atoms with Crippen molar-refractivity contribution in [2.75, 3.05) is 0 Å². The number of amides is 1. The van der Waals surface area contributed by atoms with Gasteiger partial charge in [-0.3, -0.25) is 4.79 Å². The Hall–Kier alpha value is -2.04. The number of benzene rings is 1. The van der Waals surface area contributed by atoms with Crippen molar-refractivity contribution < 1.29 is 19.8 Å². The van der Waals surface area contributed by atoms with Gasteiger partial charge in [0.25, 0.3) is 5.91 Å². The first-order chi connectivity index (χ1) is 8.64. The van der Waals surface area contributed by atoms with E-state index in [0.717, 1.165) is 0 Å². The van der Waals surface area contributed by atoms with Crippen LogP contribution >= 0.6 is 0 Å². The molecule has 1 amide bonds. The van der Waals surface area contributed by atoms with E-state index in [2.05, 4.69) is 5.32 Å². The fourth-order valence-corrected chi connectivity index (χ4v) is 1.73. The van der Waals surface area contributed by atoms with Crippen LogP contribution in [0, 0.1) is 12.3 Å². The number of carboxylic acid groups (broad SMARTS) is 1. The van der Waals surface area contributed by atoms with Crippen LogP contribution in [0.5, 0.6) is 5.75 Å². The highest BCUT2D eigenvalue weighted by Gasteiger charge is 2.33. The van der Waals surface area contributed by atoms with Gasteiger partial charge in [-0.2, -0.15) is 0 Å². The van der Waals surface area contributed by atoms with Gasteiger partial charge >= 0.3 is 5.97 Å². The summed E-state index contributed by atoms with van der Waals surface area (Å²) in [5.74, 6) is -1.58. The maximum atomic E-state index is 12.1. The lowest BCUT2D eigenvalue weighted by Gasteiger charge is -2.28. The van der Waals surface area contributed by atoms with Crippen LogP contribution in [-0.4, -0.2) is 28.1 Å². The van der Waals surface area contributed by atoms with Crippen molar-refractivity contribution in [3.05, 3.63) is 29.3 Å². The number of nitrogens with one attached hydrogen (secondary N) is 1. The summed E-state index contributed by atoms with van der Waals surface area (Å²) in [5, 5.41) is 21.2. The van der Waals surface area contributed by atoms with E-state index in [1.807, 2.05) is 0 Å². The highest BCUT2D eigenvalue weighted by atomic mass is 16.4. The molecule has 0 bridgehead atoms. The number of carboxylic acids is 1. The maximum absolute atomic E-state index is 12.1. The van der Waals surface area contributed by atoms with E-state index < -0.39 is 23.3 Å². The highest BCUT2D eigenvalue weighted by molar-refractivity contribution is 5.98. The van der Waals surface area contributed by atoms with E-state index in [9.17, 15) is 14.7 Å². The Bertz CT molecular complexity index is 503. The Kier molecular flexibility index (Phi) is 4.19. The predicted octanol–water partition coefficient (Wildman–Crippen LogP) is 1.93. The fourth-order valence-electron chi connectivity index (χ4n) is 1.73. The van der Waals surface area contributed by atoms with Gasteiger partial charge in [0, 0.05) is 11.1 Å². The number of aliphatic carboxylic acids is 1. The van der Waals surface area contributed by atoms with Crippen LogP contribution in [0.15, 0.2) is 18.2 Å². The van der Waals surface area contributed by atoms with Crippen molar-refractivity contribution in [1.29, 1.82) is 0 Å². The number of carbonyl (C=O) groups excluding carboxylic acids is 1. The zero-order chi connectivity index (χ0) is 14.8. The Morgan fingerprint density at radius 2 is 1.84 bits per heavy atom. The molecule has 1 unspecified atom stereocenters. The standard InChI is InChI=1S/C14H19NO4/c1-8-9(6-5-7-10(8)16)12(17)15-11(13(18)19)14(2,3)4/h5-7,11,16H,1-4H3,(H,15,17)(H,18,19). The Labute approximate surface area is 112 Å². The summed E-state index contributed by atoms with van der Waals surface area (Å²) in [6.45, 7) is 6.82. The van der Waals surface area contributed by atoms with Crippen LogP contribution in [0.3, 0.4) is 0 Å². The quantitative estimate of drug-likeness (QED) is 0.779. The van der Waals surface area contributed by atoms with Crippen molar-refractivity contribution in [2.24, 2.45) is 5.41 Å². The molecule has 0 radical (unpaired) electrons. The van der Waals surface area contributed by atoms with Gasteiger partial charge in [0.2, 0.25) is 0 Å². The minimum atomic E-state index is -1.08. The first-order valence-corrected chi connectivity index (χ1v) is 5.97. The predicted molar refractivity (Wildman–Crippen MR) is 71.2 cm³/mol. The van der Waals surface area contributed by atoms with E-state index in [0.29, 0.717) is 5.56 Å². The Morgan fingerprint density at radius 1 is 1.26 bits per heavy atom. The average Bonchev–Trinajstić information content (AvgIpc) is 2.27. The molecule has 0 spiro atoms. The second-order valence-electron chi connectivity index (χ2n) is 5.56. The van der Waals surface area contributed by atoms with Crippen LogP contribution < -0.4 is 5.32 Å². The zero-order valence-corrected chi connectivity index (χ0v) is 11.5. The third-order valence-electron chi connectivity index (χ3n) is 2.94. The van der Waals surface area contributed by atoms with Crippen molar-refractivity contribution >= 4 is 11.9 Å². The molecule has 1 atom stereocenters. The third kappa shape index (κ3) is 3.47. The second kappa shape index (κ2) is 5.30. The summed E-state index contributed by atoms with van der Waals surface area (Å²) in [5.41, 5.74) is 0.0974. The van der Waals surface area contributed by atoms with E-state index in [4.69, 9.17) is 5.11 Å². The van der Waals surface area contributed by atoms with Crippen LogP contribution in [0.4, 0.5) is 0 Å². The maximum Gasteiger partial charge on any atom is 0.326 e. The van der Waals surface area contributed by atoms with E-state index >= 15 is 0 Å². The number of rotatable bonds is 3. The summed E-state index contributed by atoms with van der Waals surface area (Å²) >= 11 is 0. The molecule has 1 aromatic rings. The van der Waals surface area contributed by atoms with Crippen molar-refractivity contribution in [3.8, 4) is 5.75 Å². The number of carbonyl (C=O) groups is 2. The van der Waals surface area contributed by atoms with E-state index in [-0.39, 0.29) is 11.3 Å². The molecule has 3 N–H and O–H groups in total. The molecule has 104 valence electrons. The molecule has 1 rings (SSSR count). The molecule has 5 heteroatoms. The van der Waals surface area contributed by atoms with Crippen LogP contribution in [0.2, 0.25) is 0 Å². The molecule has 0 aromatic heterocycles. The molecule has 0 saturated carbocycles. The van der Waals surface area contributed by atoms with Crippen LogP contribution in [0.1, 0.15) is 36.7 Å². The minimum Gasteiger partial charge on any atom is -0.508 e. The smallest absolute Gasteiger partial charge is 0.326 e. The van der Waals surface area contributed by atoms with E-state index in [1.165, 1.54) is 6.07 Å². The first kappa shape index (κ1) is 15.0. The van der Waals surface area contributed by atoms with Gasteiger partial charge in [-0.15, -0.1) is 0 Å². The molecule has 0 aliphatic heterocycles. The Morgan fingerprint density at radius 3 is 2.32 bits per heavy atom. The number of aromatic hydroxyl groups is 1. The number of hydrogen-bond acceptors (Lipinski definition) is 3. The summed E-state index contributed by atoms with van der Waals surface area (Å²) in [4.78, 5) is 23.3. The molecular formula is C14H19NO4. The van der Waals surface area contributed by atoms with E-state index in [1.54, 1.807) is 39.8 Å².